The Bertz CT molecular complexity index is 1680. The van der Waals surface area contributed by atoms with E-state index in [2.05, 4.69) is 66.8 Å². The Balaban J connectivity index is 1.35. The van der Waals surface area contributed by atoms with Gasteiger partial charge in [0.2, 0.25) is 11.7 Å². The molecule has 2 fully saturated rings. The van der Waals surface area contributed by atoms with Crippen molar-refractivity contribution >= 4 is 36.9 Å². The molecule has 6 rings (SSSR count). The number of imidazole rings is 1. The number of hydrogen-bond acceptors (Lipinski definition) is 9. The number of fused-ring (bicyclic) bond motifs is 1. The molecule has 1 aromatic carbocycles. The minimum absolute atomic E-state index is 0.164. The second-order valence-electron chi connectivity index (χ2n) is 14.1. The zero-order valence-electron chi connectivity index (χ0n) is 28.8. The van der Waals surface area contributed by atoms with Crippen LogP contribution in [0.25, 0.3) is 16.7 Å². The molecule has 46 heavy (non-hydrogen) atoms. The van der Waals surface area contributed by atoms with E-state index in [1.807, 2.05) is 22.9 Å². The van der Waals surface area contributed by atoms with Gasteiger partial charge in [0.15, 0.2) is 25.6 Å². The van der Waals surface area contributed by atoms with Gasteiger partial charge in [0.1, 0.15) is 17.8 Å². The van der Waals surface area contributed by atoms with Crippen LogP contribution in [-0.4, -0.2) is 72.9 Å². The Morgan fingerprint density at radius 1 is 0.957 bits per heavy atom. The molecular formula is C34H49N7O4Si. The van der Waals surface area contributed by atoms with Gasteiger partial charge >= 0.3 is 0 Å². The van der Waals surface area contributed by atoms with Crippen molar-refractivity contribution in [2.24, 2.45) is 0 Å². The summed E-state index contributed by atoms with van der Waals surface area (Å²) in [5, 5.41) is 4.73. The van der Waals surface area contributed by atoms with Gasteiger partial charge in [0, 0.05) is 30.9 Å². The Hall–Kier alpha value is -3.77. The van der Waals surface area contributed by atoms with Gasteiger partial charge in [-0.1, -0.05) is 20.8 Å². The number of nitrogens with zero attached hydrogens (tertiary/aromatic N) is 6. The number of aromatic nitrogens is 5. The number of methoxy groups -OCH3 is 3. The second kappa shape index (κ2) is 12.4. The molecule has 0 bridgehead atoms. The maximum Gasteiger partial charge on any atom is 0.232 e. The van der Waals surface area contributed by atoms with E-state index in [-0.39, 0.29) is 11.1 Å². The van der Waals surface area contributed by atoms with Crippen LogP contribution in [0.4, 0.5) is 17.6 Å². The predicted octanol–water partition coefficient (Wildman–Crippen LogP) is 7.41. The lowest BCUT2D eigenvalue weighted by Gasteiger charge is -2.38. The second-order valence-corrected chi connectivity index (χ2v) is 18.9. The summed E-state index contributed by atoms with van der Waals surface area (Å²) in [7, 11) is 2.93. The molecule has 4 heterocycles. The van der Waals surface area contributed by atoms with Gasteiger partial charge in [-0.05, 0) is 62.7 Å². The fraction of sp³-hybridized carbons (Fsp3) is 0.559. The molecule has 11 nitrogen and oxygen atoms in total. The number of ether oxygens (including phenoxy) is 3. The molecule has 1 atom stereocenters. The SMILES string of the molecule is COc1cc(-n2cnc(Nc3nc(N4CCCC4CO[Si](C)(C)C(C)(C)C)c4c(C)cn(C5CCC5)c4n3)c2)cc(OC)c1OC. The Kier molecular flexibility index (Phi) is 8.70. The van der Waals surface area contributed by atoms with Crippen molar-refractivity contribution < 1.29 is 18.6 Å². The minimum atomic E-state index is -1.89. The number of benzene rings is 1. The van der Waals surface area contributed by atoms with E-state index in [0.717, 1.165) is 41.9 Å². The molecule has 1 N–H and O–H groups in total. The normalized spacial score (nSPS) is 17.4. The molecular weight excluding hydrogens is 599 g/mol. The summed E-state index contributed by atoms with van der Waals surface area (Å²) < 4.78 is 27.7. The monoisotopic (exact) mass is 647 g/mol. The maximum absolute atomic E-state index is 6.75. The summed E-state index contributed by atoms with van der Waals surface area (Å²) in [6.45, 7) is 15.4. The fourth-order valence-electron chi connectivity index (χ4n) is 6.19. The third kappa shape index (κ3) is 5.92. The van der Waals surface area contributed by atoms with E-state index in [1.54, 1.807) is 27.7 Å². The molecule has 2 aliphatic rings. The van der Waals surface area contributed by atoms with E-state index in [4.69, 9.17) is 28.6 Å². The number of aryl methyl sites for hydroxylation is 1. The van der Waals surface area contributed by atoms with Crippen LogP contribution >= 0.6 is 0 Å². The van der Waals surface area contributed by atoms with Crippen LogP contribution in [0, 0.1) is 6.92 Å². The third-order valence-corrected chi connectivity index (χ3v) is 14.7. The van der Waals surface area contributed by atoms with Gasteiger partial charge < -0.3 is 38.0 Å². The van der Waals surface area contributed by atoms with Crippen LogP contribution in [0.5, 0.6) is 17.2 Å². The van der Waals surface area contributed by atoms with Gasteiger partial charge in [0.25, 0.3) is 0 Å². The van der Waals surface area contributed by atoms with Crippen molar-refractivity contribution in [3.8, 4) is 22.9 Å². The standard InChI is InChI=1S/C34H49N7O4Si/c1-22-18-41(23-12-10-13-23)32-29(22)31(40-15-11-14-24(40)20-45-46(8,9)34(2,3)4)37-33(38-32)36-28-19-39(21-35-28)25-16-26(42-5)30(44-7)27(17-25)43-6/h16-19,21,23-24H,10-15,20H2,1-9H3,(H,36,37,38). The van der Waals surface area contributed by atoms with Crippen molar-refractivity contribution in [2.75, 3.05) is 44.7 Å². The highest BCUT2D eigenvalue weighted by molar-refractivity contribution is 6.74. The Labute approximate surface area is 273 Å². The van der Waals surface area contributed by atoms with Gasteiger partial charge in [0.05, 0.1) is 51.2 Å². The largest absolute Gasteiger partial charge is 0.493 e. The summed E-state index contributed by atoms with van der Waals surface area (Å²) in [5.74, 6) is 3.84. The number of nitrogens with one attached hydrogen (secondary N) is 1. The minimum Gasteiger partial charge on any atom is -0.493 e. The predicted molar refractivity (Wildman–Crippen MR) is 185 cm³/mol. The first kappa shape index (κ1) is 32.2. The lowest BCUT2D eigenvalue weighted by Crippen LogP contribution is -2.45. The highest BCUT2D eigenvalue weighted by atomic mass is 28.4. The molecule has 0 spiro atoms. The van der Waals surface area contributed by atoms with E-state index >= 15 is 0 Å². The van der Waals surface area contributed by atoms with E-state index in [0.29, 0.717) is 41.7 Å². The Morgan fingerprint density at radius 3 is 2.28 bits per heavy atom. The molecule has 248 valence electrons. The summed E-state index contributed by atoms with van der Waals surface area (Å²) in [4.78, 5) is 17.4. The molecule has 0 radical (unpaired) electrons. The van der Waals surface area contributed by atoms with Crippen molar-refractivity contribution in [1.82, 2.24) is 24.1 Å². The van der Waals surface area contributed by atoms with Gasteiger partial charge in [-0.3, -0.25) is 0 Å². The first-order valence-corrected chi connectivity index (χ1v) is 19.3. The van der Waals surface area contributed by atoms with E-state index in [1.165, 1.54) is 24.8 Å². The highest BCUT2D eigenvalue weighted by Crippen LogP contribution is 2.42. The van der Waals surface area contributed by atoms with Gasteiger partial charge in [-0.15, -0.1) is 0 Å². The third-order valence-electron chi connectivity index (χ3n) is 10.2. The fourth-order valence-corrected chi connectivity index (χ4v) is 7.23. The van der Waals surface area contributed by atoms with Gasteiger partial charge in [-0.2, -0.15) is 9.97 Å². The summed E-state index contributed by atoms with van der Waals surface area (Å²) in [5.41, 5.74) is 3.02. The number of hydrogen-bond donors (Lipinski definition) is 1. The van der Waals surface area contributed by atoms with Crippen molar-refractivity contribution in [3.63, 3.8) is 0 Å². The molecule has 0 amide bonds. The van der Waals surface area contributed by atoms with E-state index < -0.39 is 8.32 Å². The average Bonchev–Trinajstić information content (AvgIpc) is 3.73. The number of rotatable bonds is 11. The van der Waals surface area contributed by atoms with Crippen molar-refractivity contribution in [3.05, 3.63) is 36.4 Å². The van der Waals surface area contributed by atoms with Crippen LogP contribution in [-0.2, 0) is 4.43 Å². The summed E-state index contributed by atoms with van der Waals surface area (Å²) in [6.07, 6.45) is 11.7. The molecule has 1 aliphatic heterocycles. The van der Waals surface area contributed by atoms with Gasteiger partial charge in [-0.25, -0.2) is 4.98 Å². The smallest absolute Gasteiger partial charge is 0.232 e. The molecule has 1 aliphatic carbocycles. The molecule has 1 saturated heterocycles. The first-order valence-electron chi connectivity index (χ1n) is 16.3. The molecule has 3 aromatic heterocycles. The zero-order chi connectivity index (χ0) is 32.8. The first-order chi connectivity index (χ1) is 21.9. The number of anilines is 3. The molecule has 1 saturated carbocycles. The highest BCUT2D eigenvalue weighted by Gasteiger charge is 2.39. The molecule has 4 aromatic rings. The average molecular weight is 648 g/mol. The topological polar surface area (TPSA) is 101 Å². The van der Waals surface area contributed by atoms with Crippen molar-refractivity contribution in [1.29, 1.82) is 0 Å². The maximum atomic E-state index is 6.75. The summed E-state index contributed by atoms with van der Waals surface area (Å²) in [6, 6.07) is 4.52. The lowest BCUT2D eigenvalue weighted by atomic mass is 9.93. The van der Waals surface area contributed by atoms with Crippen LogP contribution in [0.15, 0.2) is 30.9 Å². The quantitative estimate of drug-likeness (QED) is 0.167. The van der Waals surface area contributed by atoms with Crippen LogP contribution in [0.3, 0.4) is 0 Å². The van der Waals surface area contributed by atoms with Crippen molar-refractivity contribution in [2.45, 2.75) is 90.0 Å². The van der Waals surface area contributed by atoms with Crippen LogP contribution < -0.4 is 24.4 Å². The zero-order valence-corrected chi connectivity index (χ0v) is 29.8. The summed E-state index contributed by atoms with van der Waals surface area (Å²) >= 11 is 0. The molecule has 1 unspecified atom stereocenters. The Morgan fingerprint density at radius 2 is 1.67 bits per heavy atom. The van der Waals surface area contributed by atoms with Crippen LogP contribution in [0.1, 0.15) is 64.5 Å². The lowest BCUT2D eigenvalue weighted by molar-refractivity contribution is 0.263. The van der Waals surface area contributed by atoms with E-state index in [9.17, 15) is 0 Å². The van der Waals surface area contributed by atoms with Crippen LogP contribution in [0.2, 0.25) is 18.1 Å². The molecule has 12 heteroatoms.